The quantitative estimate of drug-likeness (QED) is 0.660. The number of nitrogens with zero attached hydrogens (tertiary/aromatic N) is 3. The van der Waals surface area contributed by atoms with Crippen molar-refractivity contribution in [3.63, 3.8) is 0 Å². The first-order valence-electron chi connectivity index (χ1n) is 4.13. The average molecular weight is 186 g/mol. The summed E-state index contributed by atoms with van der Waals surface area (Å²) in [7, 11) is 2.13. The lowest BCUT2D eigenvalue weighted by atomic mass is 10.3. The van der Waals surface area contributed by atoms with Crippen LogP contribution in [0.25, 0.3) is 0 Å². The van der Waals surface area contributed by atoms with Gasteiger partial charge in [0.15, 0.2) is 0 Å². The van der Waals surface area contributed by atoms with E-state index in [0.717, 1.165) is 18.2 Å². The number of hydrogen-bond donors (Lipinski definition) is 0. The Bertz CT molecular complexity index is 271. The van der Waals surface area contributed by atoms with Crippen molar-refractivity contribution in [1.29, 1.82) is 0 Å². The van der Waals surface area contributed by atoms with Gasteiger partial charge in [0.25, 0.3) is 0 Å². The van der Waals surface area contributed by atoms with Crippen LogP contribution in [0.15, 0.2) is 12.5 Å². The molecule has 12 heavy (non-hydrogen) atoms. The fraction of sp³-hybridized carbons (Fsp3) is 0.625. The Kier molecular flexibility index (Phi) is 2.07. The molecule has 1 aliphatic heterocycles. The molecule has 0 aliphatic carbocycles. The molecule has 1 unspecified atom stereocenters. The van der Waals surface area contributed by atoms with Crippen LogP contribution >= 0.6 is 11.6 Å². The lowest BCUT2D eigenvalue weighted by molar-refractivity contribution is 0.392. The van der Waals surface area contributed by atoms with E-state index in [1.54, 1.807) is 6.20 Å². The van der Waals surface area contributed by atoms with Gasteiger partial charge < -0.3 is 9.47 Å². The SMILES string of the molecule is CN1CCC(n2cncc2Cl)C1. The van der Waals surface area contributed by atoms with Gasteiger partial charge in [-0.15, -0.1) is 0 Å². The topological polar surface area (TPSA) is 21.1 Å². The van der Waals surface area contributed by atoms with Crippen LogP contribution in [0.4, 0.5) is 0 Å². The van der Waals surface area contributed by atoms with Crippen LogP contribution in [0.5, 0.6) is 0 Å². The number of imidazole rings is 1. The van der Waals surface area contributed by atoms with Gasteiger partial charge >= 0.3 is 0 Å². The highest BCUT2D eigenvalue weighted by molar-refractivity contribution is 6.29. The van der Waals surface area contributed by atoms with Gasteiger partial charge in [-0.05, 0) is 20.0 Å². The van der Waals surface area contributed by atoms with Crippen LogP contribution in [-0.4, -0.2) is 34.6 Å². The second kappa shape index (κ2) is 3.07. The van der Waals surface area contributed by atoms with E-state index >= 15 is 0 Å². The van der Waals surface area contributed by atoms with Crippen molar-refractivity contribution in [1.82, 2.24) is 14.5 Å². The summed E-state index contributed by atoms with van der Waals surface area (Å²) in [6.07, 6.45) is 4.68. The Morgan fingerprint density at radius 3 is 3.00 bits per heavy atom. The molecule has 1 aromatic heterocycles. The summed E-state index contributed by atoms with van der Waals surface area (Å²) in [6, 6.07) is 0.519. The zero-order valence-corrected chi connectivity index (χ0v) is 7.83. The van der Waals surface area contributed by atoms with Gasteiger partial charge in [0.2, 0.25) is 0 Å². The standard InChI is InChI=1S/C8H12ClN3/c1-11-3-2-7(5-11)12-6-10-4-8(12)9/h4,6-7H,2-3,5H2,1H3. The third-order valence-electron chi connectivity index (χ3n) is 2.38. The largest absolute Gasteiger partial charge is 0.317 e. The molecule has 1 atom stereocenters. The summed E-state index contributed by atoms with van der Waals surface area (Å²) in [6.45, 7) is 2.23. The van der Waals surface area contributed by atoms with E-state index in [-0.39, 0.29) is 0 Å². The highest BCUT2D eigenvalue weighted by Gasteiger charge is 2.21. The fourth-order valence-corrected chi connectivity index (χ4v) is 1.93. The number of aromatic nitrogens is 2. The monoisotopic (exact) mass is 185 g/mol. The van der Waals surface area contributed by atoms with E-state index < -0.39 is 0 Å². The number of likely N-dealkylation sites (tertiary alicyclic amines) is 1. The van der Waals surface area contributed by atoms with Crippen molar-refractivity contribution >= 4 is 11.6 Å². The van der Waals surface area contributed by atoms with E-state index in [9.17, 15) is 0 Å². The molecule has 0 bridgehead atoms. The first-order chi connectivity index (χ1) is 5.77. The van der Waals surface area contributed by atoms with E-state index in [4.69, 9.17) is 11.6 Å². The van der Waals surface area contributed by atoms with E-state index in [1.165, 1.54) is 6.42 Å². The first-order valence-corrected chi connectivity index (χ1v) is 4.51. The smallest absolute Gasteiger partial charge is 0.128 e. The number of likely N-dealkylation sites (N-methyl/N-ethyl adjacent to an activating group) is 1. The summed E-state index contributed by atoms with van der Waals surface area (Å²) >= 11 is 5.95. The highest BCUT2D eigenvalue weighted by atomic mass is 35.5. The minimum absolute atomic E-state index is 0.519. The molecule has 3 nitrogen and oxygen atoms in total. The highest BCUT2D eigenvalue weighted by Crippen LogP contribution is 2.23. The van der Waals surface area contributed by atoms with Crippen molar-refractivity contribution in [2.45, 2.75) is 12.5 Å². The molecule has 2 heterocycles. The molecule has 1 aliphatic rings. The van der Waals surface area contributed by atoms with Crippen LogP contribution in [0, 0.1) is 0 Å². The molecule has 1 aromatic rings. The Morgan fingerprint density at radius 1 is 1.67 bits per heavy atom. The van der Waals surface area contributed by atoms with Crippen molar-refractivity contribution in [3.05, 3.63) is 17.7 Å². The van der Waals surface area contributed by atoms with Crippen molar-refractivity contribution < 1.29 is 0 Å². The normalized spacial score (nSPS) is 25.0. The Morgan fingerprint density at radius 2 is 2.50 bits per heavy atom. The Labute approximate surface area is 77.0 Å². The third-order valence-corrected chi connectivity index (χ3v) is 2.67. The van der Waals surface area contributed by atoms with Gasteiger partial charge in [-0.25, -0.2) is 4.98 Å². The average Bonchev–Trinajstić information content (AvgIpc) is 2.58. The van der Waals surface area contributed by atoms with Crippen LogP contribution < -0.4 is 0 Å². The minimum Gasteiger partial charge on any atom is -0.317 e. The fourth-order valence-electron chi connectivity index (χ4n) is 1.70. The van der Waals surface area contributed by atoms with Crippen molar-refractivity contribution in [2.24, 2.45) is 0 Å². The first kappa shape index (κ1) is 8.08. The molecule has 0 spiro atoms. The summed E-state index contributed by atoms with van der Waals surface area (Å²) in [5.41, 5.74) is 0. The number of halogens is 1. The minimum atomic E-state index is 0.519. The van der Waals surface area contributed by atoms with E-state index in [0.29, 0.717) is 6.04 Å². The second-order valence-electron chi connectivity index (χ2n) is 3.33. The maximum atomic E-state index is 5.95. The lowest BCUT2D eigenvalue weighted by Crippen LogP contribution is -2.15. The lowest BCUT2D eigenvalue weighted by Gasteiger charge is -2.12. The molecule has 66 valence electrons. The van der Waals surface area contributed by atoms with Crippen LogP contribution in [0.3, 0.4) is 0 Å². The summed E-state index contributed by atoms with van der Waals surface area (Å²) in [4.78, 5) is 6.31. The number of rotatable bonds is 1. The molecule has 1 saturated heterocycles. The maximum absolute atomic E-state index is 5.95. The third kappa shape index (κ3) is 1.34. The molecule has 1 fully saturated rings. The van der Waals surface area contributed by atoms with Gasteiger partial charge in [-0.1, -0.05) is 11.6 Å². The van der Waals surface area contributed by atoms with Gasteiger partial charge in [-0.3, -0.25) is 0 Å². The van der Waals surface area contributed by atoms with Crippen molar-refractivity contribution in [3.8, 4) is 0 Å². The van der Waals surface area contributed by atoms with Gasteiger partial charge in [0.1, 0.15) is 5.15 Å². The molecular weight excluding hydrogens is 174 g/mol. The van der Waals surface area contributed by atoms with Crippen molar-refractivity contribution in [2.75, 3.05) is 20.1 Å². The number of hydrogen-bond acceptors (Lipinski definition) is 2. The molecule has 2 rings (SSSR count). The molecule has 0 amide bonds. The van der Waals surface area contributed by atoms with Gasteiger partial charge in [-0.2, -0.15) is 0 Å². The van der Waals surface area contributed by atoms with Crippen LogP contribution in [-0.2, 0) is 0 Å². The summed E-state index contributed by atoms with van der Waals surface area (Å²) in [5, 5.41) is 0.746. The molecule has 0 N–H and O–H groups in total. The van der Waals surface area contributed by atoms with Crippen LogP contribution in [0.2, 0.25) is 5.15 Å². The zero-order chi connectivity index (χ0) is 8.55. The van der Waals surface area contributed by atoms with Gasteiger partial charge in [0, 0.05) is 12.6 Å². The molecule has 0 saturated carbocycles. The molecule has 4 heteroatoms. The summed E-state index contributed by atoms with van der Waals surface area (Å²) in [5.74, 6) is 0. The predicted octanol–water partition coefficient (Wildman–Crippen LogP) is 1.41. The second-order valence-corrected chi connectivity index (χ2v) is 3.72. The zero-order valence-electron chi connectivity index (χ0n) is 7.07. The Hall–Kier alpha value is -0.540. The molecule has 0 aromatic carbocycles. The molecule has 0 radical (unpaired) electrons. The summed E-state index contributed by atoms with van der Waals surface area (Å²) < 4.78 is 2.05. The van der Waals surface area contributed by atoms with E-state index in [1.807, 2.05) is 10.9 Å². The molecular formula is C8H12ClN3. The predicted molar refractivity (Wildman–Crippen MR) is 48.4 cm³/mol. The van der Waals surface area contributed by atoms with E-state index in [2.05, 4.69) is 16.9 Å². The van der Waals surface area contributed by atoms with Gasteiger partial charge in [0.05, 0.1) is 12.5 Å². The van der Waals surface area contributed by atoms with Crippen LogP contribution in [0.1, 0.15) is 12.5 Å². The Balaban J connectivity index is 2.16. The maximum Gasteiger partial charge on any atom is 0.128 e.